The van der Waals surface area contributed by atoms with Crippen LogP contribution in [0.1, 0.15) is 49.0 Å². The first-order chi connectivity index (χ1) is 17.0. The number of rotatable bonds is 9. The summed E-state index contributed by atoms with van der Waals surface area (Å²) in [5, 5.41) is 0. The second-order valence-electron chi connectivity index (χ2n) is 8.74. The molecule has 1 heterocycles. The Morgan fingerprint density at radius 2 is 1.71 bits per heavy atom. The molecule has 0 saturated heterocycles. The Balaban J connectivity index is 1.77. The van der Waals surface area contributed by atoms with Crippen molar-refractivity contribution in [3.8, 4) is 5.75 Å². The third-order valence-electron chi connectivity index (χ3n) is 6.51. The van der Waals surface area contributed by atoms with E-state index in [4.69, 9.17) is 9.47 Å². The summed E-state index contributed by atoms with van der Waals surface area (Å²) >= 11 is 0. The molecule has 0 radical (unpaired) electrons. The van der Waals surface area contributed by atoms with E-state index >= 15 is 0 Å². The van der Waals surface area contributed by atoms with Crippen LogP contribution in [0.3, 0.4) is 0 Å². The van der Waals surface area contributed by atoms with Crippen LogP contribution in [-0.4, -0.2) is 37.0 Å². The van der Waals surface area contributed by atoms with E-state index in [0.29, 0.717) is 18.9 Å². The molecule has 4 rings (SSSR count). The van der Waals surface area contributed by atoms with Crippen LogP contribution in [0.4, 0.5) is 5.69 Å². The van der Waals surface area contributed by atoms with E-state index in [1.54, 1.807) is 11.9 Å². The molecule has 0 aliphatic carbocycles. The van der Waals surface area contributed by atoms with Gasteiger partial charge in [-0.15, -0.1) is 0 Å². The minimum absolute atomic E-state index is 0.00362. The lowest BCUT2D eigenvalue weighted by molar-refractivity contribution is -0.145. The number of nitrogens with zero attached hydrogens (tertiary/aromatic N) is 2. The summed E-state index contributed by atoms with van der Waals surface area (Å²) in [6.45, 7) is 4.97. The summed E-state index contributed by atoms with van der Waals surface area (Å²) in [7, 11) is 1.75. The van der Waals surface area contributed by atoms with Gasteiger partial charge in [-0.3, -0.25) is 14.5 Å². The van der Waals surface area contributed by atoms with Gasteiger partial charge < -0.3 is 14.4 Å². The number of carbonyl (C=O) groups is 2. The van der Waals surface area contributed by atoms with Gasteiger partial charge in [0, 0.05) is 25.7 Å². The van der Waals surface area contributed by atoms with Crippen LogP contribution in [0, 0.1) is 0 Å². The van der Waals surface area contributed by atoms with Gasteiger partial charge in [-0.2, -0.15) is 0 Å². The van der Waals surface area contributed by atoms with Gasteiger partial charge in [0.15, 0.2) is 6.61 Å². The molecule has 6 nitrogen and oxygen atoms in total. The van der Waals surface area contributed by atoms with Crippen LogP contribution < -0.4 is 9.64 Å². The number of carbonyl (C=O) groups excluding carboxylic acids is 2. The number of amides is 1. The van der Waals surface area contributed by atoms with E-state index in [1.807, 2.05) is 61.5 Å². The summed E-state index contributed by atoms with van der Waals surface area (Å²) in [5.41, 5.74) is 3.99. The molecule has 2 atom stereocenters. The normalized spacial score (nSPS) is 14.7. The maximum atomic E-state index is 12.8. The molecular weight excluding hydrogens is 440 g/mol. The molecule has 0 saturated carbocycles. The highest BCUT2D eigenvalue weighted by atomic mass is 16.5. The van der Waals surface area contributed by atoms with Crippen LogP contribution in [0.15, 0.2) is 78.9 Å². The fourth-order valence-corrected chi connectivity index (χ4v) is 4.54. The molecule has 1 amide bonds. The van der Waals surface area contributed by atoms with Gasteiger partial charge in [-0.1, -0.05) is 66.7 Å². The zero-order valence-corrected chi connectivity index (χ0v) is 20.5. The topological polar surface area (TPSA) is 59.1 Å². The fraction of sp³-hybridized carbons (Fsp3) is 0.310. The maximum absolute atomic E-state index is 12.8. The molecule has 3 aromatic carbocycles. The predicted molar refractivity (Wildman–Crippen MR) is 136 cm³/mol. The van der Waals surface area contributed by atoms with E-state index in [2.05, 4.69) is 36.1 Å². The lowest BCUT2D eigenvalue weighted by atomic mass is 9.96. The Hall–Kier alpha value is -3.64. The summed E-state index contributed by atoms with van der Waals surface area (Å²) in [4.78, 5) is 28.8. The average Bonchev–Trinajstić information content (AvgIpc) is 2.89. The molecule has 6 heteroatoms. The van der Waals surface area contributed by atoms with Crippen LogP contribution >= 0.6 is 0 Å². The maximum Gasteiger partial charge on any atom is 0.307 e. The minimum atomic E-state index is -0.263. The third-order valence-corrected chi connectivity index (χ3v) is 6.51. The Kier molecular flexibility index (Phi) is 7.83. The molecular formula is C29H32N2O4. The average molecular weight is 473 g/mol. The summed E-state index contributed by atoms with van der Waals surface area (Å²) in [5.74, 6) is 0.309. The van der Waals surface area contributed by atoms with E-state index in [-0.39, 0.29) is 37.0 Å². The summed E-state index contributed by atoms with van der Waals surface area (Å²) in [6, 6.07) is 26.2. The zero-order valence-electron chi connectivity index (χ0n) is 20.5. The second kappa shape index (κ2) is 11.2. The van der Waals surface area contributed by atoms with Gasteiger partial charge >= 0.3 is 5.97 Å². The lowest BCUT2D eigenvalue weighted by Gasteiger charge is -2.37. The lowest BCUT2D eigenvalue weighted by Crippen LogP contribution is -2.36. The first kappa shape index (κ1) is 24.5. The number of ether oxygens (including phenoxy) is 2. The van der Waals surface area contributed by atoms with Gasteiger partial charge in [0.05, 0.1) is 18.7 Å². The monoisotopic (exact) mass is 472 g/mol. The minimum Gasteiger partial charge on any atom is -0.482 e. The van der Waals surface area contributed by atoms with Crippen molar-refractivity contribution < 1.29 is 19.1 Å². The van der Waals surface area contributed by atoms with Gasteiger partial charge in [0.1, 0.15) is 5.75 Å². The highest BCUT2D eigenvalue weighted by molar-refractivity contribution is 5.97. The largest absolute Gasteiger partial charge is 0.482 e. The number of hydrogen-bond acceptors (Lipinski definition) is 5. The Morgan fingerprint density at radius 3 is 2.40 bits per heavy atom. The third kappa shape index (κ3) is 5.72. The summed E-state index contributed by atoms with van der Waals surface area (Å²) < 4.78 is 11.1. The van der Waals surface area contributed by atoms with E-state index < -0.39 is 0 Å². The van der Waals surface area contributed by atoms with Crippen molar-refractivity contribution in [2.75, 3.05) is 25.2 Å². The van der Waals surface area contributed by atoms with Crippen molar-refractivity contribution in [3.05, 3.63) is 95.6 Å². The molecule has 0 aromatic heterocycles. The number of anilines is 1. The number of likely N-dealkylation sites (N-methyl/N-ethyl adjacent to an activating group) is 1. The Bertz CT molecular complexity index is 1150. The molecule has 0 bridgehead atoms. The van der Waals surface area contributed by atoms with E-state index in [9.17, 15) is 9.59 Å². The molecule has 0 fully saturated rings. The number of benzene rings is 3. The van der Waals surface area contributed by atoms with Crippen molar-refractivity contribution in [1.82, 2.24) is 4.90 Å². The number of hydrogen-bond donors (Lipinski definition) is 0. The zero-order chi connectivity index (χ0) is 24.8. The second-order valence-corrected chi connectivity index (χ2v) is 8.74. The Labute approximate surface area is 207 Å². The molecule has 1 aliphatic rings. The van der Waals surface area contributed by atoms with Crippen LogP contribution in [-0.2, 0) is 20.9 Å². The molecule has 182 valence electrons. The number of fused-ring (bicyclic) bond motifs is 1. The standard InChI is InChI=1S/C29H32N2O4/c1-4-34-29(33)18-26(24-15-16-25-27(17-24)35-20-28(32)30(25)3)31(19-22-11-7-5-8-12-22)21(2)23-13-9-6-10-14-23/h5-17,21,26H,4,18-20H2,1-3H3/t21-,26+/m1/s1. The van der Waals surface area contributed by atoms with Gasteiger partial charge in [-0.25, -0.2) is 0 Å². The van der Waals surface area contributed by atoms with Crippen molar-refractivity contribution in [2.24, 2.45) is 0 Å². The Morgan fingerprint density at radius 1 is 1.03 bits per heavy atom. The van der Waals surface area contributed by atoms with Crippen LogP contribution in [0.5, 0.6) is 5.75 Å². The molecule has 0 unspecified atom stereocenters. The highest BCUT2D eigenvalue weighted by Crippen LogP contribution is 2.39. The smallest absolute Gasteiger partial charge is 0.307 e. The van der Waals surface area contributed by atoms with Crippen LogP contribution in [0.25, 0.3) is 0 Å². The predicted octanol–water partition coefficient (Wildman–Crippen LogP) is 5.30. The van der Waals surface area contributed by atoms with Crippen LogP contribution in [0.2, 0.25) is 0 Å². The van der Waals surface area contributed by atoms with Crippen molar-refractivity contribution >= 4 is 17.6 Å². The number of esters is 1. The van der Waals surface area contributed by atoms with Crippen molar-refractivity contribution in [2.45, 2.75) is 38.9 Å². The van der Waals surface area contributed by atoms with E-state index in [1.165, 1.54) is 0 Å². The highest BCUT2D eigenvalue weighted by Gasteiger charge is 2.31. The molecule has 1 aliphatic heterocycles. The fourth-order valence-electron chi connectivity index (χ4n) is 4.54. The molecule has 35 heavy (non-hydrogen) atoms. The van der Waals surface area contributed by atoms with Gasteiger partial charge in [-0.05, 0) is 42.7 Å². The first-order valence-corrected chi connectivity index (χ1v) is 12.0. The first-order valence-electron chi connectivity index (χ1n) is 12.0. The quantitative estimate of drug-likeness (QED) is 0.396. The van der Waals surface area contributed by atoms with Crippen molar-refractivity contribution in [1.29, 1.82) is 0 Å². The van der Waals surface area contributed by atoms with E-state index in [0.717, 1.165) is 22.4 Å². The molecule has 0 spiro atoms. The van der Waals surface area contributed by atoms with Gasteiger partial charge in [0.2, 0.25) is 0 Å². The van der Waals surface area contributed by atoms with Gasteiger partial charge in [0.25, 0.3) is 5.91 Å². The molecule has 0 N–H and O–H groups in total. The summed E-state index contributed by atoms with van der Waals surface area (Å²) in [6.07, 6.45) is 0.200. The molecule has 3 aromatic rings. The van der Waals surface area contributed by atoms with Crippen molar-refractivity contribution in [3.63, 3.8) is 0 Å². The SMILES string of the molecule is CCOC(=O)C[C@@H](c1ccc2c(c1)OCC(=O)N2C)N(Cc1ccccc1)[C@H](C)c1ccccc1.